The molecule has 0 radical (unpaired) electrons. The summed E-state index contributed by atoms with van der Waals surface area (Å²) in [4.78, 5) is 2.48. The van der Waals surface area contributed by atoms with Crippen molar-refractivity contribution in [1.29, 1.82) is 0 Å². The molecule has 0 spiro atoms. The summed E-state index contributed by atoms with van der Waals surface area (Å²) < 4.78 is 5.27. The van der Waals surface area contributed by atoms with Crippen LogP contribution in [0, 0.1) is 5.92 Å². The van der Waals surface area contributed by atoms with Crippen LogP contribution in [0.4, 0.5) is 0 Å². The lowest BCUT2D eigenvalue weighted by Crippen LogP contribution is -2.35. The maximum absolute atomic E-state index is 5.27. The first kappa shape index (κ1) is 11.0. The highest BCUT2D eigenvalue weighted by Crippen LogP contribution is 2.04. The third-order valence-electron chi connectivity index (χ3n) is 2.59. The maximum Gasteiger partial charge on any atom is 0.0670 e. The van der Waals surface area contributed by atoms with Crippen LogP contribution in [0.2, 0.25) is 0 Å². The smallest absolute Gasteiger partial charge is 0.0670 e. The standard InChI is InChI=1S/C10H22N2O/c1-9-6-11-4-5-12(7-9)8-10(2)13-3/h9-11H,4-8H2,1-3H3. The zero-order valence-electron chi connectivity index (χ0n) is 9.05. The quantitative estimate of drug-likeness (QED) is 0.697. The molecule has 0 amide bonds. The van der Waals surface area contributed by atoms with E-state index < -0.39 is 0 Å². The van der Waals surface area contributed by atoms with Crippen molar-refractivity contribution in [3.63, 3.8) is 0 Å². The lowest BCUT2D eigenvalue weighted by molar-refractivity contribution is 0.0759. The fourth-order valence-electron chi connectivity index (χ4n) is 1.79. The first-order chi connectivity index (χ1) is 6.22. The molecule has 1 heterocycles. The van der Waals surface area contributed by atoms with E-state index in [1.807, 2.05) is 0 Å². The average molecular weight is 186 g/mol. The molecule has 2 unspecified atom stereocenters. The highest BCUT2D eigenvalue weighted by atomic mass is 16.5. The fourth-order valence-corrected chi connectivity index (χ4v) is 1.79. The van der Waals surface area contributed by atoms with Crippen LogP contribution in [0.3, 0.4) is 0 Å². The van der Waals surface area contributed by atoms with Crippen molar-refractivity contribution in [3.05, 3.63) is 0 Å². The third kappa shape index (κ3) is 4.07. The molecule has 1 aliphatic rings. The molecule has 0 aromatic carbocycles. The number of rotatable bonds is 3. The van der Waals surface area contributed by atoms with Gasteiger partial charge in [0.2, 0.25) is 0 Å². The van der Waals surface area contributed by atoms with Crippen molar-refractivity contribution in [2.45, 2.75) is 20.0 Å². The first-order valence-corrected chi connectivity index (χ1v) is 5.18. The number of nitrogens with zero attached hydrogens (tertiary/aromatic N) is 1. The summed E-state index contributed by atoms with van der Waals surface area (Å²) in [5.41, 5.74) is 0. The Morgan fingerprint density at radius 2 is 2.38 bits per heavy atom. The molecule has 3 nitrogen and oxygen atoms in total. The van der Waals surface area contributed by atoms with Gasteiger partial charge in [0.1, 0.15) is 0 Å². The molecule has 0 bridgehead atoms. The van der Waals surface area contributed by atoms with Gasteiger partial charge >= 0.3 is 0 Å². The Morgan fingerprint density at radius 1 is 1.62 bits per heavy atom. The molecule has 13 heavy (non-hydrogen) atoms. The minimum Gasteiger partial charge on any atom is -0.380 e. The monoisotopic (exact) mass is 186 g/mol. The SMILES string of the molecule is COC(C)CN1CCNCC(C)C1. The molecule has 1 N–H and O–H groups in total. The molecule has 2 atom stereocenters. The van der Waals surface area contributed by atoms with Crippen molar-refractivity contribution in [3.8, 4) is 0 Å². The van der Waals surface area contributed by atoms with Crippen LogP contribution in [0.5, 0.6) is 0 Å². The first-order valence-electron chi connectivity index (χ1n) is 5.18. The van der Waals surface area contributed by atoms with Crippen molar-refractivity contribution < 1.29 is 4.74 Å². The number of methoxy groups -OCH3 is 1. The number of hydrogen-bond acceptors (Lipinski definition) is 3. The van der Waals surface area contributed by atoms with Gasteiger partial charge in [-0.05, 0) is 19.4 Å². The molecule has 1 aliphatic heterocycles. The Bertz CT molecular complexity index is 141. The predicted molar refractivity (Wildman–Crippen MR) is 54.9 cm³/mol. The second-order valence-electron chi connectivity index (χ2n) is 4.12. The lowest BCUT2D eigenvalue weighted by Gasteiger charge is -2.24. The summed E-state index contributed by atoms with van der Waals surface area (Å²) in [6, 6.07) is 0. The number of nitrogens with one attached hydrogen (secondary N) is 1. The van der Waals surface area contributed by atoms with Crippen molar-refractivity contribution >= 4 is 0 Å². The molecule has 0 aromatic heterocycles. The maximum atomic E-state index is 5.27. The zero-order chi connectivity index (χ0) is 9.68. The Hall–Kier alpha value is -0.120. The molecule has 3 heteroatoms. The Kier molecular flexibility index (Phi) is 4.70. The van der Waals surface area contributed by atoms with Gasteiger partial charge in [-0.1, -0.05) is 6.92 Å². The fraction of sp³-hybridized carbons (Fsp3) is 1.00. The predicted octanol–water partition coefficient (Wildman–Crippen LogP) is 0.563. The molecule has 1 saturated heterocycles. The van der Waals surface area contributed by atoms with E-state index in [0.29, 0.717) is 6.10 Å². The van der Waals surface area contributed by atoms with E-state index in [2.05, 4.69) is 24.1 Å². The minimum atomic E-state index is 0.352. The van der Waals surface area contributed by atoms with Crippen LogP contribution in [-0.2, 0) is 4.74 Å². The van der Waals surface area contributed by atoms with Gasteiger partial charge in [-0.25, -0.2) is 0 Å². The van der Waals surface area contributed by atoms with Crippen molar-refractivity contribution in [1.82, 2.24) is 10.2 Å². The Balaban J connectivity index is 2.30. The molecule has 1 fully saturated rings. The summed E-state index contributed by atoms with van der Waals surface area (Å²) in [5, 5.41) is 3.44. The summed E-state index contributed by atoms with van der Waals surface area (Å²) >= 11 is 0. The van der Waals surface area contributed by atoms with E-state index in [1.165, 1.54) is 6.54 Å². The van der Waals surface area contributed by atoms with E-state index in [-0.39, 0.29) is 0 Å². The number of hydrogen-bond donors (Lipinski definition) is 1. The topological polar surface area (TPSA) is 24.5 Å². The normalized spacial score (nSPS) is 28.4. The molecule has 0 aromatic rings. The van der Waals surface area contributed by atoms with Crippen LogP contribution < -0.4 is 5.32 Å². The lowest BCUT2D eigenvalue weighted by atomic mass is 10.2. The molecular weight excluding hydrogens is 164 g/mol. The van der Waals surface area contributed by atoms with Gasteiger partial charge in [0.05, 0.1) is 6.10 Å². The summed E-state index contributed by atoms with van der Waals surface area (Å²) in [5.74, 6) is 0.756. The van der Waals surface area contributed by atoms with Gasteiger partial charge in [0.15, 0.2) is 0 Å². The zero-order valence-corrected chi connectivity index (χ0v) is 9.05. The molecule has 0 aliphatic carbocycles. The van der Waals surface area contributed by atoms with Crippen LogP contribution >= 0.6 is 0 Å². The van der Waals surface area contributed by atoms with Crippen LogP contribution in [0.1, 0.15) is 13.8 Å². The van der Waals surface area contributed by atoms with E-state index in [9.17, 15) is 0 Å². The average Bonchev–Trinajstić information content (AvgIpc) is 2.30. The van der Waals surface area contributed by atoms with Crippen LogP contribution in [0.15, 0.2) is 0 Å². The Labute approximate surface area is 81.4 Å². The number of ether oxygens (including phenoxy) is 1. The van der Waals surface area contributed by atoms with Crippen LogP contribution in [0.25, 0.3) is 0 Å². The van der Waals surface area contributed by atoms with Gasteiger partial charge in [0, 0.05) is 33.3 Å². The van der Waals surface area contributed by atoms with Gasteiger partial charge < -0.3 is 10.1 Å². The molecule has 1 rings (SSSR count). The third-order valence-corrected chi connectivity index (χ3v) is 2.59. The van der Waals surface area contributed by atoms with Crippen molar-refractivity contribution in [2.24, 2.45) is 5.92 Å². The van der Waals surface area contributed by atoms with Crippen molar-refractivity contribution in [2.75, 3.05) is 39.8 Å². The Morgan fingerprint density at radius 3 is 3.08 bits per heavy atom. The second-order valence-corrected chi connectivity index (χ2v) is 4.12. The highest BCUT2D eigenvalue weighted by Gasteiger charge is 2.15. The van der Waals surface area contributed by atoms with Gasteiger partial charge in [-0.15, -0.1) is 0 Å². The highest BCUT2D eigenvalue weighted by molar-refractivity contribution is 4.72. The van der Waals surface area contributed by atoms with Gasteiger partial charge in [0.25, 0.3) is 0 Å². The molecule has 0 saturated carbocycles. The minimum absolute atomic E-state index is 0.352. The van der Waals surface area contributed by atoms with E-state index >= 15 is 0 Å². The summed E-state index contributed by atoms with van der Waals surface area (Å²) in [7, 11) is 1.78. The van der Waals surface area contributed by atoms with Gasteiger partial charge in [-0.2, -0.15) is 0 Å². The molecule has 78 valence electrons. The molecular formula is C10H22N2O. The van der Waals surface area contributed by atoms with Gasteiger partial charge in [-0.3, -0.25) is 4.90 Å². The van der Waals surface area contributed by atoms with E-state index in [0.717, 1.165) is 32.1 Å². The van der Waals surface area contributed by atoms with E-state index in [4.69, 9.17) is 4.74 Å². The second kappa shape index (κ2) is 5.58. The summed E-state index contributed by atoms with van der Waals surface area (Å²) in [6.45, 7) is 10.1. The largest absolute Gasteiger partial charge is 0.380 e. The van der Waals surface area contributed by atoms with Crippen LogP contribution in [-0.4, -0.2) is 50.8 Å². The summed E-state index contributed by atoms with van der Waals surface area (Å²) in [6.07, 6.45) is 0.352. The van der Waals surface area contributed by atoms with E-state index in [1.54, 1.807) is 7.11 Å².